The maximum atomic E-state index is 10.6. The fraction of sp³-hybridized carbons (Fsp3) is 0.250. The molecule has 0 rings (SSSR count). The van der Waals surface area contributed by atoms with Crippen molar-refractivity contribution in [1.82, 2.24) is 0 Å². The van der Waals surface area contributed by atoms with E-state index in [4.69, 9.17) is 5.73 Å². The SMILES string of the molecule is C=CC(=O)OC(CN)OC(=O)C=C. The lowest BCUT2D eigenvalue weighted by Crippen LogP contribution is -2.30. The number of hydrogen-bond acceptors (Lipinski definition) is 5. The summed E-state index contributed by atoms with van der Waals surface area (Å²) in [6.07, 6.45) is 0.811. The quantitative estimate of drug-likeness (QED) is 0.362. The van der Waals surface area contributed by atoms with Gasteiger partial charge in [-0.15, -0.1) is 0 Å². The van der Waals surface area contributed by atoms with Gasteiger partial charge in [-0.05, 0) is 0 Å². The van der Waals surface area contributed by atoms with E-state index in [9.17, 15) is 9.59 Å². The zero-order chi connectivity index (χ0) is 10.3. The number of rotatable bonds is 5. The van der Waals surface area contributed by atoms with Crippen LogP contribution in [0.15, 0.2) is 25.3 Å². The van der Waals surface area contributed by atoms with Gasteiger partial charge in [0.25, 0.3) is 6.29 Å². The van der Waals surface area contributed by atoms with Crippen LogP contribution in [0.4, 0.5) is 0 Å². The Kier molecular flexibility index (Phi) is 5.22. The lowest BCUT2D eigenvalue weighted by Gasteiger charge is -2.13. The van der Waals surface area contributed by atoms with Crippen molar-refractivity contribution in [3.63, 3.8) is 0 Å². The molecule has 0 unspecified atom stereocenters. The Balaban J connectivity index is 4.02. The van der Waals surface area contributed by atoms with Gasteiger partial charge >= 0.3 is 11.9 Å². The Hall–Kier alpha value is -1.62. The number of ether oxygens (including phenoxy) is 2. The summed E-state index contributed by atoms with van der Waals surface area (Å²) in [6.45, 7) is 6.23. The normalized spacial score (nSPS) is 9.08. The summed E-state index contributed by atoms with van der Waals surface area (Å²) < 4.78 is 9.10. The van der Waals surface area contributed by atoms with Gasteiger partial charge in [0, 0.05) is 12.2 Å². The first-order valence-corrected chi connectivity index (χ1v) is 3.50. The third kappa shape index (κ3) is 4.76. The molecule has 0 fully saturated rings. The van der Waals surface area contributed by atoms with Crippen LogP contribution in [0.2, 0.25) is 0 Å². The van der Waals surface area contributed by atoms with Gasteiger partial charge < -0.3 is 15.2 Å². The van der Waals surface area contributed by atoms with Gasteiger partial charge in [0.05, 0.1) is 6.54 Å². The fourth-order valence-electron chi connectivity index (χ4n) is 0.476. The summed E-state index contributed by atoms with van der Waals surface area (Å²) in [5.41, 5.74) is 5.16. The average molecular weight is 185 g/mol. The number of nitrogens with two attached hydrogens (primary N) is 1. The highest BCUT2D eigenvalue weighted by Crippen LogP contribution is 1.95. The van der Waals surface area contributed by atoms with Gasteiger partial charge in [-0.3, -0.25) is 0 Å². The molecule has 0 heterocycles. The summed E-state index contributed by atoms with van der Waals surface area (Å²) in [5, 5.41) is 0. The number of carbonyl (C=O) groups is 2. The smallest absolute Gasteiger partial charge is 0.333 e. The molecule has 0 aromatic rings. The Bertz CT molecular complexity index is 202. The Morgan fingerprint density at radius 3 is 1.85 bits per heavy atom. The third-order valence-corrected chi connectivity index (χ3v) is 1.02. The molecule has 0 saturated heterocycles. The molecule has 0 amide bonds. The van der Waals surface area contributed by atoms with Crippen LogP contribution >= 0.6 is 0 Å². The zero-order valence-electron chi connectivity index (χ0n) is 7.06. The molecule has 0 aliphatic carbocycles. The second-order valence-electron chi connectivity index (χ2n) is 1.95. The molecule has 0 bridgehead atoms. The molecule has 0 aliphatic heterocycles. The lowest BCUT2D eigenvalue weighted by atomic mass is 10.6. The molecule has 5 heteroatoms. The molecule has 5 nitrogen and oxygen atoms in total. The molecular formula is C8H11NO4. The molecule has 0 spiro atoms. The second-order valence-corrected chi connectivity index (χ2v) is 1.95. The highest BCUT2D eigenvalue weighted by Gasteiger charge is 2.13. The minimum Gasteiger partial charge on any atom is -0.421 e. The second kappa shape index (κ2) is 5.96. The van der Waals surface area contributed by atoms with E-state index in [0.29, 0.717) is 0 Å². The van der Waals surface area contributed by atoms with E-state index in [1.807, 2.05) is 0 Å². The molecule has 0 aromatic carbocycles. The van der Waals surface area contributed by atoms with Crippen LogP contribution in [0.1, 0.15) is 0 Å². The molecule has 0 atom stereocenters. The fourth-order valence-corrected chi connectivity index (χ4v) is 0.476. The maximum Gasteiger partial charge on any atom is 0.333 e. The van der Waals surface area contributed by atoms with Gasteiger partial charge in [0.2, 0.25) is 0 Å². The van der Waals surface area contributed by atoms with E-state index in [2.05, 4.69) is 22.6 Å². The van der Waals surface area contributed by atoms with Gasteiger partial charge in [-0.25, -0.2) is 9.59 Å². The van der Waals surface area contributed by atoms with Gasteiger partial charge in [0.15, 0.2) is 0 Å². The summed E-state index contributed by atoms with van der Waals surface area (Å²) in [7, 11) is 0. The highest BCUT2D eigenvalue weighted by atomic mass is 16.7. The first kappa shape index (κ1) is 11.4. The van der Waals surface area contributed by atoms with Crippen LogP contribution in [0.5, 0.6) is 0 Å². The Labute approximate surface area is 75.8 Å². The van der Waals surface area contributed by atoms with Crippen molar-refractivity contribution < 1.29 is 19.1 Å². The van der Waals surface area contributed by atoms with Crippen LogP contribution in [-0.4, -0.2) is 24.8 Å². The van der Waals surface area contributed by atoms with E-state index in [1.54, 1.807) is 0 Å². The topological polar surface area (TPSA) is 78.6 Å². The molecule has 0 radical (unpaired) electrons. The number of hydrogen-bond donors (Lipinski definition) is 1. The van der Waals surface area contributed by atoms with Crippen LogP contribution in [0, 0.1) is 0 Å². The molecule has 0 saturated carbocycles. The Morgan fingerprint density at radius 1 is 1.23 bits per heavy atom. The van der Waals surface area contributed by atoms with Crippen LogP contribution in [-0.2, 0) is 19.1 Å². The van der Waals surface area contributed by atoms with Crippen molar-refractivity contribution in [2.24, 2.45) is 5.73 Å². The average Bonchev–Trinajstić information content (AvgIpc) is 2.16. The van der Waals surface area contributed by atoms with Gasteiger partial charge in [-0.1, -0.05) is 13.2 Å². The maximum absolute atomic E-state index is 10.6. The largest absolute Gasteiger partial charge is 0.421 e. The van der Waals surface area contributed by atoms with Crippen molar-refractivity contribution in [3.8, 4) is 0 Å². The van der Waals surface area contributed by atoms with Crippen LogP contribution in [0.25, 0.3) is 0 Å². The van der Waals surface area contributed by atoms with Crippen molar-refractivity contribution in [2.45, 2.75) is 6.29 Å². The predicted octanol–water partition coefficient (Wildman–Crippen LogP) is -0.270. The van der Waals surface area contributed by atoms with Crippen LogP contribution in [0.3, 0.4) is 0 Å². The predicted molar refractivity (Wildman–Crippen MR) is 45.4 cm³/mol. The molecule has 72 valence electrons. The molecule has 0 aromatic heterocycles. The van der Waals surface area contributed by atoms with Crippen molar-refractivity contribution in [2.75, 3.05) is 6.54 Å². The first-order chi connectivity index (χ1) is 6.13. The summed E-state index contributed by atoms with van der Waals surface area (Å²) >= 11 is 0. The first-order valence-electron chi connectivity index (χ1n) is 3.50. The zero-order valence-corrected chi connectivity index (χ0v) is 7.06. The standard InChI is InChI=1S/C8H11NO4/c1-3-6(10)12-8(5-9)13-7(11)4-2/h3-4,8H,1-2,5,9H2. The number of carbonyl (C=O) groups excluding carboxylic acids is 2. The van der Waals surface area contributed by atoms with Gasteiger partial charge in [0.1, 0.15) is 0 Å². The van der Waals surface area contributed by atoms with E-state index in [0.717, 1.165) is 12.2 Å². The van der Waals surface area contributed by atoms with E-state index < -0.39 is 18.2 Å². The Morgan fingerprint density at radius 2 is 1.62 bits per heavy atom. The van der Waals surface area contributed by atoms with Crippen molar-refractivity contribution in [3.05, 3.63) is 25.3 Å². The van der Waals surface area contributed by atoms with Crippen LogP contribution < -0.4 is 5.73 Å². The lowest BCUT2D eigenvalue weighted by molar-refractivity contribution is -0.178. The van der Waals surface area contributed by atoms with Crippen molar-refractivity contribution in [1.29, 1.82) is 0 Å². The number of esters is 2. The molecule has 2 N–H and O–H groups in total. The molecule has 0 aliphatic rings. The highest BCUT2D eigenvalue weighted by molar-refractivity contribution is 5.83. The molecule has 13 heavy (non-hydrogen) atoms. The minimum absolute atomic E-state index is 0.112. The third-order valence-electron chi connectivity index (χ3n) is 1.02. The summed E-state index contributed by atoms with van der Waals surface area (Å²) in [5.74, 6) is -1.40. The summed E-state index contributed by atoms with van der Waals surface area (Å²) in [4.78, 5) is 21.3. The van der Waals surface area contributed by atoms with Crippen molar-refractivity contribution >= 4 is 11.9 Å². The molecular weight excluding hydrogens is 174 g/mol. The van der Waals surface area contributed by atoms with E-state index >= 15 is 0 Å². The summed E-state index contributed by atoms with van der Waals surface area (Å²) in [6, 6.07) is 0. The van der Waals surface area contributed by atoms with E-state index in [-0.39, 0.29) is 6.54 Å². The monoisotopic (exact) mass is 185 g/mol. The van der Waals surface area contributed by atoms with E-state index in [1.165, 1.54) is 0 Å². The minimum atomic E-state index is -1.09. The van der Waals surface area contributed by atoms with Gasteiger partial charge in [-0.2, -0.15) is 0 Å².